The number of hydrogen-bond acceptors (Lipinski definition) is 3. The van der Waals surface area contributed by atoms with Crippen LogP contribution in [0.1, 0.15) is 24.8 Å². The van der Waals surface area contributed by atoms with Crippen LogP contribution in [0.25, 0.3) is 0 Å². The summed E-state index contributed by atoms with van der Waals surface area (Å²) < 4.78 is 0. The van der Waals surface area contributed by atoms with Gasteiger partial charge in [0.1, 0.15) is 6.04 Å². The van der Waals surface area contributed by atoms with E-state index in [0.717, 1.165) is 51.0 Å². The predicted octanol–water partition coefficient (Wildman–Crippen LogP) is 1.60. The molecule has 0 radical (unpaired) electrons. The topological polar surface area (TPSA) is 52.6 Å². The van der Waals surface area contributed by atoms with E-state index in [4.69, 9.17) is 0 Å². The molecular weight excluding hydrogens is 314 g/mol. The molecule has 0 bridgehead atoms. The molecule has 1 aromatic carbocycles. The Morgan fingerprint density at radius 1 is 1.12 bits per heavy atom. The predicted molar refractivity (Wildman–Crippen MR) is 98.1 cm³/mol. The van der Waals surface area contributed by atoms with Crippen molar-refractivity contribution < 1.29 is 9.59 Å². The molecular formula is C20H27N3O2. The zero-order valence-corrected chi connectivity index (χ0v) is 14.9. The molecule has 1 aliphatic heterocycles. The van der Waals surface area contributed by atoms with E-state index in [2.05, 4.69) is 17.3 Å². The third-order valence-electron chi connectivity index (χ3n) is 5.04. The van der Waals surface area contributed by atoms with Crippen LogP contribution < -0.4 is 5.32 Å². The minimum absolute atomic E-state index is 0.0253. The van der Waals surface area contributed by atoms with Crippen LogP contribution >= 0.6 is 0 Å². The van der Waals surface area contributed by atoms with Crippen LogP contribution in [0.15, 0.2) is 42.0 Å². The van der Waals surface area contributed by atoms with Gasteiger partial charge in [-0.25, -0.2) is 0 Å². The van der Waals surface area contributed by atoms with Gasteiger partial charge in [0, 0.05) is 38.7 Å². The Balaban J connectivity index is 1.68. The second-order valence-electron chi connectivity index (χ2n) is 7.04. The number of nitrogens with one attached hydrogen (secondary N) is 1. The highest BCUT2D eigenvalue weighted by atomic mass is 16.2. The molecule has 2 aliphatic rings. The molecule has 1 N–H and O–H groups in total. The number of benzene rings is 1. The summed E-state index contributed by atoms with van der Waals surface area (Å²) in [7, 11) is 2.07. The van der Waals surface area contributed by atoms with Crippen molar-refractivity contribution in [3.63, 3.8) is 0 Å². The smallest absolute Gasteiger partial charge is 0.245 e. The molecule has 5 nitrogen and oxygen atoms in total. The molecule has 1 saturated carbocycles. The highest BCUT2D eigenvalue weighted by Crippen LogP contribution is 2.24. The second-order valence-corrected chi connectivity index (χ2v) is 7.04. The minimum atomic E-state index is -0.504. The number of hydrogen-bond donors (Lipinski definition) is 1. The fourth-order valence-corrected chi connectivity index (χ4v) is 3.22. The van der Waals surface area contributed by atoms with Crippen LogP contribution in [0.4, 0.5) is 0 Å². The van der Waals surface area contributed by atoms with Crippen molar-refractivity contribution in [3.8, 4) is 0 Å². The maximum atomic E-state index is 13.0. The largest absolute Gasteiger partial charge is 0.340 e. The Labute approximate surface area is 149 Å². The van der Waals surface area contributed by atoms with Crippen LogP contribution in [0.2, 0.25) is 0 Å². The van der Waals surface area contributed by atoms with E-state index in [1.165, 1.54) is 5.57 Å². The van der Waals surface area contributed by atoms with E-state index < -0.39 is 6.04 Å². The fourth-order valence-electron chi connectivity index (χ4n) is 3.22. The molecule has 2 fully saturated rings. The molecule has 1 saturated heterocycles. The summed E-state index contributed by atoms with van der Waals surface area (Å²) in [6.07, 6.45) is 5.37. The van der Waals surface area contributed by atoms with Crippen LogP contribution in [-0.2, 0) is 16.0 Å². The van der Waals surface area contributed by atoms with E-state index in [1.54, 1.807) is 6.08 Å². The van der Waals surface area contributed by atoms with Crippen LogP contribution in [0.3, 0.4) is 0 Å². The number of rotatable bonds is 5. The van der Waals surface area contributed by atoms with Gasteiger partial charge in [0.2, 0.25) is 11.8 Å². The first kappa shape index (κ1) is 17.7. The first-order valence-corrected chi connectivity index (χ1v) is 9.13. The van der Waals surface area contributed by atoms with Crippen molar-refractivity contribution in [1.29, 1.82) is 0 Å². The molecule has 1 heterocycles. The van der Waals surface area contributed by atoms with Gasteiger partial charge in [0.05, 0.1) is 0 Å². The Kier molecular flexibility index (Phi) is 5.87. The highest BCUT2D eigenvalue weighted by Gasteiger charge is 2.28. The fraction of sp³-hybridized carbons (Fsp3) is 0.500. The van der Waals surface area contributed by atoms with E-state index >= 15 is 0 Å². The van der Waals surface area contributed by atoms with Crippen molar-refractivity contribution in [1.82, 2.24) is 15.1 Å². The van der Waals surface area contributed by atoms with Gasteiger partial charge in [-0.3, -0.25) is 9.59 Å². The summed E-state index contributed by atoms with van der Waals surface area (Å²) in [5.41, 5.74) is 2.24. The Morgan fingerprint density at radius 3 is 2.40 bits per heavy atom. The summed E-state index contributed by atoms with van der Waals surface area (Å²) in [6, 6.07) is 9.38. The van der Waals surface area contributed by atoms with Crippen LogP contribution in [-0.4, -0.2) is 60.9 Å². The maximum absolute atomic E-state index is 13.0. The minimum Gasteiger partial charge on any atom is -0.340 e. The Hall–Kier alpha value is -2.14. The first-order valence-electron chi connectivity index (χ1n) is 9.13. The lowest BCUT2D eigenvalue weighted by molar-refractivity contribution is -0.137. The van der Waals surface area contributed by atoms with Gasteiger partial charge in [0.15, 0.2) is 0 Å². The molecule has 3 rings (SSSR count). The van der Waals surface area contributed by atoms with Crippen molar-refractivity contribution in [2.75, 3.05) is 33.2 Å². The van der Waals surface area contributed by atoms with Crippen molar-refractivity contribution in [2.45, 2.75) is 31.7 Å². The monoisotopic (exact) mass is 341 g/mol. The van der Waals surface area contributed by atoms with Gasteiger partial charge in [-0.2, -0.15) is 0 Å². The number of piperazine rings is 1. The summed E-state index contributed by atoms with van der Waals surface area (Å²) in [5.74, 6) is -0.115. The zero-order chi connectivity index (χ0) is 17.6. The summed E-state index contributed by atoms with van der Waals surface area (Å²) in [6.45, 7) is 3.19. The van der Waals surface area contributed by atoms with E-state index in [-0.39, 0.29) is 11.8 Å². The average molecular weight is 341 g/mol. The van der Waals surface area contributed by atoms with E-state index in [1.807, 2.05) is 35.2 Å². The van der Waals surface area contributed by atoms with Crippen LogP contribution in [0, 0.1) is 0 Å². The maximum Gasteiger partial charge on any atom is 0.245 e. The molecule has 134 valence electrons. The van der Waals surface area contributed by atoms with E-state index in [0.29, 0.717) is 6.42 Å². The van der Waals surface area contributed by atoms with Gasteiger partial charge >= 0.3 is 0 Å². The SMILES string of the molecule is CN1CCN(C(=O)C(Cc2ccccc2)NC(=O)C=C2CCC2)CC1. The van der Waals surface area contributed by atoms with Gasteiger partial charge in [-0.15, -0.1) is 0 Å². The lowest BCUT2D eigenvalue weighted by Crippen LogP contribution is -2.54. The lowest BCUT2D eigenvalue weighted by Gasteiger charge is -2.34. The third kappa shape index (κ3) is 4.92. The molecule has 2 amide bonds. The first-order chi connectivity index (χ1) is 12.1. The number of carbonyl (C=O) groups is 2. The molecule has 5 heteroatoms. The van der Waals surface area contributed by atoms with Gasteiger partial charge in [-0.1, -0.05) is 35.9 Å². The summed E-state index contributed by atoms with van der Waals surface area (Å²) >= 11 is 0. The second kappa shape index (κ2) is 8.30. The molecule has 1 atom stereocenters. The highest BCUT2D eigenvalue weighted by molar-refractivity contribution is 5.93. The van der Waals surface area contributed by atoms with Crippen molar-refractivity contribution in [3.05, 3.63) is 47.5 Å². The Morgan fingerprint density at radius 2 is 1.80 bits per heavy atom. The molecule has 0 aromatic heterocycles. The number of nitrogens with zero attached hydrogens (tertiary/aromatic N) is 2. The van der Waals surface area contributed by atoms with Gasteiger partial charge in [-0.05, 0) is 31.9 Å². The Bertz CT molecular complexity index is 628. The normalized spacial score (nSPS) is 19.1. The summed E-state index contributed by atoms with van der Waals surface area (Å²) in [4.78, 5) is 29.4. The quantitative estimate of drug-likeness (QED) is 0.828. The summed E-state index contributed by atoms with van der Waals surface area (Å²) in [5, 5.41) is 2.95. The number of carbonyl (C=O) groups excluding carboxylic acids is 2. The number of allylic oxidation sites excluding steroid dienone is 1. The zero-order valence-electron chi connectivity index (χ0n) is 14.9. The molecule has 25 heavy (non-hydrogen) atoms. The lowest BCUT2D eigenvalue weighted by atomic mass is 9.92. The van der Waals surface area contributed by atoms with E-state index in [9.17, 15) is 9.59 Å². The van der Waals surface area contributed by atoms with Crippen molar-refractivity contribution >= 4 is 11.8 Å². The number of likely N-dealkylation sites (N-methyl/N-ethyl adjacent to an activating group) is 1. The molecule has 1 aromatic rings. The average Bonchev–Trinajstić information content (AvgIpc) is 2.59. The molecule has 1 aliphatic carbocycles. The molecule has 0 spiro atoms. The van der Waals surface area contributed by atoms with Gasteiger partial charge in [0.25, 0.3) is 0 Å². The third-order valence-corrected chi connectivity index (χ3v) is 5.04. The number of amides is 2. The molecule has 1 unspecified atom stereocenters. The standard InChI is InChI=1S/C20H27N3O2/c1-22-10-12-23(13-11-22)20(25)18(14-16-6-3-2-4-7-16)21-19(24)15-17-8-5-9-17/h2-4,6-7,15,18H,5,8-14H2,1H3,(H,21,24). The van der Waals surface area contributed by atoms with Gasteiger partial charge < -0.3 is 15.1 Å². The van der Waals surface area contributed by atoms with Crippen LogP contribution in [0.5, 0.6) is 0 Å². The van der Waals surface area contributed by atoms with Crippen molar-refractivity contribution in [2.24, 2.45) is 0 Å².